The summed E-state index contributed by atoms with van der Waals surface area (Å²) in [4.78, 5) is 12.4. The summed E-state index contributed by atoms with van der Waals surface area (Å²) in [6.07, 6.45) is 0.854. The molecule has 0 saturated carbocycles. The van der Waals surface area contributed by atoms with Gasteiger partial charge < -0.3 is 19.4 Å². The van der Waals surface area contributed by atoms with Crippen LogP contribution in [0.25, 0.3) is 10.9 Å². The van der Waals surface area contributed by atoms with Crippen LogP contribution in [0.2, 0.25) is 0 Å². The first-order valence-electron chi connectivity index (χ1n) is 8.68. The fourth-order valence-electron chi connectivity index (χ4n) is 3.12. The minimum Gasteiger partial charge on any atom is -0.497 e. The highest BCUT2D eigenvalue weighted by atomic mass is 16.5. The summed E-state index contributed by atoms with van der Waals surface area (Å²) in [6.45, 7) is 3.58. The van der Waals surface area contributed by atoms with Crippen LogP contribution in [-0.4, -0.2) is 31.2 Å². The number of ether oxygens (including phenoxy) is 2. The van der Waals surface area contributed by atoms with Gasteiger partial charge in [-0.05, 0) is 43.0 Å². The third kappa shape index (κ3) is 3.82. The Balaban J connectivity index is 1.59. The molecule has 0 aliphatic rings. The molecule has 0 bridgehead atoms. The zero-order valence-electron chi connectivity index (χ0n) is 15.4. The zero-order chi connectivity index (χ0) is 18.5. The standard InChI is InChI=1S/C21H24N2O3/c1-15-11-16-7-4-5-8-20(16)23(15)10-6-9-22-21(24)17-12-18(25-2)14-19(13-17)26-3/h4-5,7-8,11-14H,6,9-10H2,1-3H3,(H,22,24). The van der Waals surface area contributed by atoms with Gasteiger partial charge in [0.15, 0.2) is 0 Å². The normalized spacial score (nSPS) is 10.7. The van der Waals surface area contributed by atoms with E-state index in [2.05, 4.69) is 47.1 Å². The number of amides is 1. The quantitative estimate of drug-likeness (QED) is 0.658. The van der Waals surface area contributed by atoms with Crippen LogP contribution in [0.5, 0.6) is 11.5 Å². The molecule has 1 amide bonds. The summed E-state index contributed by atoms with van der Waals surface area (Å²) in [5.41, 5.74) is 2.99. The van der Waals surface area contributed by atoms with Gasteiger partial charge in [-0.15, -0.1) is 0 Å². The van der Waals surface area contributed by atoms with Crippen molar-refractivity contribution in [2.75, 3.05) is 20.8 Å². The van der Waals surface area contributed by atoms with Crippen molar-refractivity contribution in [3.8, 4) is 11.5 Å². The van der Waals surface area contributed by atoms with Crippen LogP contribution >= 0.6 is 0 Å². The van der Waals surface area contributed by atoms with Crippen LogP contribution in [-0.2, 0) is 6.54 Å². The molecule has 1 aromatic heterocycles. The summed E-state index contributed by atoms with van der Waals surface area (Å²) in [5, 5.41) is 4.22. The Morgan fingerprint density at radius 3 is 2.42 bits per heavy atom. The average molecular weight is 352 g/mol. The highest BCUT2D eigenvalue weighted by molar-refractivity contribution is 5.95. The lowest BCUT2D eigenvalue weighted by molar-refractivity contribution is 0.0952. The van der Waals surface area contributed by atoms with Crippen LogP contribution in [0.3, 0.4) is 0 Å². The minimum absolute atomic E-state index is 0.128. The molecule has 0 spiro atoms. The Labute approximate surface area is 153 Å². The number of benzene rings is 2. The maximum atomic E-state index is 12.4. The van der Waals surface area contributed by atoms with E-state index >= 15 is 0 Å². The first-order chi connectivity index (χ1) is 12.6. The first-order valence-corrected chi connectivity index (χ1v) is 8.68. The highest BCUT2D eigenvalue weighted by Gasteiger charge is 2.10. The Morgan fingerprint density at radius 1 is 1.04 bits per heavy atom. The lowest BCUT2D eigenvalue weighted by Crippen LogP contribution is -2.25. The second-order valence-electron chi connectivity index (χ2n) is 6.21. The van der Waals surface area contributed by atoms with Gasteiger partial charge in [0, 0.05) is 35.9 Å². The van der Waals surface area contributed by atoms with E-state index in [9.17, 15) is 4.79 Å². The van der Waals surface area contributed by atoms with E-state index < -0.39 is 0 Å². The minimum atomic E-state index is -0.128. The summed E-state index contributed by atoms with van der Waals surface area (Å²) < 4.78 is 12.7. The molecule has 136 valence electrons. The number of carbonyl (C=O) groups is 1. The van der Waals surface area contributed by atoms with E-state index in [4.69, 9.17) is 9.47 Å². The predicted molar refractivity (Wildman–Crippen MR) is 103 cm³/mol. The molecule has 0 unspecified atom stereocenters. The van der Waals surface area contributed by atoms with E-state index in [1.165, 1.54) is 16.6 Å². The molecule has 0 saturated heterocycles. The fraction of sp³-hybridized carbons (Fsp3) is 0.286. The van der Waals surface area contributed by atoms with Gasteiger partial charge in [-0.1, -0.05) is 18.2 Å². The van der Waals surface area contributed by atoms with Crippen LogP contribution in [0.4, 0.5) is 0 Å². The number of aryl methyl sites for hydroxylation is 2. The number of rotatable bonds is 7. The first kappa shape index (κ1) is 17.9. The number of carbonyl (C=O) groups excluding carboxylic acids is 1. The molecule has 5 nitrogen and oxygen atoms in total. The van der Waals surface area contributed by atoms with E-state index in [0.717, 1.165) is 13.0 Å². The third-order valence-electron chi connectivity index (χ3n) is 4.48. The summed E-state index contributed by atoms with van der Waals surface area (Å²) in [5.74, 6) is 1.07. The van der Waals surface area contributed by atoms with E-state index in [1.807, 2.05) is 0 Å². The van der Waals surface area contributed by atoms with Crippen molar-refractivity contribution in [1.82, 2.24) is 9.88 Å². The number of nitrogens with zero attached hydrogens (tertiary/aromatic N) is 1. The summed E-state index contributed by atoms with van der Waals surface area (Å²) in [7, 11) is 3.14. The van der Waals surface area contributed by atoms with Crippen LogP contribution in [0.1, 0.15) is 22.5 Å². The second kappa shape index (κ2) is 7.95. The largest absolute Gasteiger partial charge is 0.497 e. The molecule has 5 heteroatoms. The third-order valence-corrected chi connectivity index (χ3v) is 4.48. The molecule has 3 aromatic rings. The van der Waals surface area contributed by atoms with Gasteiger partial charge in [-0.2, -0.15) is 0 Å². The van der Waals surface area contributed by atoms with Gasteiger partial charge in [-0.3, -0.25) is 4.79 Å². The maximum absolute atomic E-state index is 12.4. The average Bonchev–Trinajstić information content (AvgIpc) is 2.99. The van der Waals surface area contributed by atoms with Crippen molar-refractivity contribution in [3.05, 3.63) is 59.8 Å². The number of hydrogen-bond donors (Lipinski definition) is 1. The zero-order valence-corrected chi connectivity index (χ0v) is 15.4. The number of para-hydroxylation sites is 1. The molecular weight excluding hydrogens is 328 g/mol. The molecule has 0 atom stereocenters. The van der Waals surface area contributed by atoms with Crippen molar-refractivity contribution >= 4 is 16.8 Å². The van der Waals surface area contributed by atoms with Gasteiger partial charge in [0.05, 0.1) is 14.2 Å². The van der Waals surface area contributed by atoms with Crippen molar-refractivity contribution < 1.29 is 14.3 Å². The molecule has 0 fully saturated rings. The van der Waals surface area contributed by atoms with Crippen LogP contribution in [0, 0.1) is 6.92 Å². The van der Waals surface area contributed by atoms with Gasteiger partial charge in [0.2, 0.25) is 0 Å². The van der Waals surface area contributed by atoms with Crippen molar-refractivity contribution in [1.29, 1.82) is 0 Å². The number of nitrogens with one attached hydrogen (secondary N) is 1. The Kier molecular flexibility index (Phi) is 5.46. The maximum Gasteiger partial charge on any atom is 0.251 e. The lowest BCUT2D eigenvalue weighted by Gasteiger charge is -2.11. The molecule has 1 heterocycles. The number of hydrogen-bond acceptors (Lipinski definition) is 3. The molecule has 1 N–H and O–H groups in total. The summed E-state index contributed by atoms with van der Waals surface area (Å²) >= 11 is 0. The number of methoxy groups -OCH3 is 2. The van der Waals surface area contributed by atoms with E-state index in [-0.39, 0.29) is 5.91 Å². The summed E-state index contributed by atoms with van der Waals surface area (Å²) in [6, 6.07) is 15.7. The Bertz CT molecular complexity index is 893. The highest BCUT2D eigenvalue weighted by Crippen LogP contribution is 2.22. The number of fused-ring (bicyclic) bond motifs is 1. The van der Waals surface area contributed by atoms with E-state index in [0.29, 0.717) is 23.6 Å². The molecule has 0 radical (unpaired) electrons. The van der Waals surface area contributed by atoms with Crippen LogP contribution < -0.4 is 14.8 Å². The fourth-order valence-corrected chi connectivity index (χ4v) is 3.12. The van der Waals surface area contributed by atoms with Crippen molar-refractivity contribution in [2.24, 2.45) is 0 Å². The lowest BCUT2D eigenvalue weighted by atomic mass is 10.2. The van der Waals surface area contributed by atoms with Gasteiger partial charge >= 0.3 is 0 Å². The van der Waals surface area contributed by atoms with Crippen LogP contribution in [0.15, 0.2) is 48.5 Å². The Hall–Kier alpha value is -2.95. The van der Waals surface area contributed by atoms with E-state index in [1.54, 1.807) is 32.4 Å². The molecule has 2 aromatic carbocycles. The van der Waals surface area contributed by atoms with Crippen molar-refractivity contribution in [2.45, 2.75) is 19.9 Å². The molecule has 0 aliphatic heterocycles. The molecule has 0 aliphatic carbocycles. The Morgan fingerprint density at radius 2 is 1.73 bits per heavy atom. The van der Waals surface area contributed by atoms with Gasteiger partial charge in [0.1, 0.15) is 11.5 Å². The molecule has 26 heavy (non-hydrogen) atoms. The van der Waals surface area contributed by atoms with Crippen molar-refractivity contribution in [3.63, 3.8) is 0 Å². The topological polar surface area (TPSA) is 52.5 Å². The molecule has 3 rings (SSSR count). The predicted octanol–water partition coefficient (Wildman–Crippen LogP) is 3.79. The van der Waals surface area contributed by atoms with Gasteiger partial charge in [0.25, 0.3) is 5.91 Å². The SMILES string of the molecule is COc1cc(OC)cc(C(=O)NCCCn2c(C)cc3ccccc32)c1. The monoisotopic (exact) mass is 352 g/mol. The smallest absolute Gasteiger partial charge is 0.251 e. The van der Waals surface area contributed by atoms with Gasteiger partial charge in [-0.25, -0.2) is 0 Å². The number of aromatic nitrogens is 1. The molecular formula is C21H24N2O3. The second-order valence-corrected chi connectivity index (χ2v) is 6.21.